The predicted molar refractivity (Wildman–Crippen MR) is 173 cm³/mol. The van der Waals surface area contributed by atoms with Gasteiger partial charge in [0, 0.05) is 48.7 Å². The minimum absolute atomic E-state index is 0.326. The van der Waals surface area contributed by atoms with Crippen LogP contribution in [0.4, 0.5) is 0 Å². The molecule has 1 unspecified atom stereocenters. The van der Waals surface area contributed by atoms with Crippen molar-refractivity contribution in [2.75, 3.05) is 19.7 Å². The van der Waals surface area contributed by atoms with Crippen LogP contribution in [0.2, 0.25) is 0 Å². The maximum Gasteiger partial charge on any atom is 0.128 e. The van der Waals surface area contributed by atoms with E-state index in [-0.39, 0.29) is 0 Å². The van der Waals surface area contributed by atoms with Gasteiger partial charge in [0.05, 0.1) is 5.56 Å². The molecule has 2 heterocycles. The zero-order chi connectivity index (χ0) is 30.2. The molecule has 1 fully saturated rings. The molecular formula is C37H42N4O2. The van der Waals surface area contributed by atoms with Crippen molar-refractivity contribution >= 4 is 5.57 Å². The molecule has 1 saturated heterocycles. The number of hydrogen-bond acceptors (Lipinski definition) is 6. The lowest BCUT2D eigenvalue weighted by Gasteiger charge is -2.27. The Bertz CT molecular complexity index is 1550. The lowest BCUT2D eigenvalue weighted by atomic mass is 9.95. The van der Waals surface area contributed by atoms with Gasteiger partial charge in [0.15, 0.2) is 0 Å². The number of rotatable bonds is 12. The second-order valence-corrected chi connectivity index (χ2v) is 11.4. The SMILES string of the molecule is C=C/C(COc1cc(OCc2cncc(C#N)c2)c(CN2CCCC2CN)c2c1CCC2)=C(C)\C(=C/C)c1ccccc1. The molecule has 2 aromatic carbocycles. The highest BCUT2D eigenvalue weighted by Crippen LogP contribution is 2.41. The summed E-state index contributed by atoms with van der Waals surface area (Å²) in [7, 11) is 0. The number of aromatic nitrogens is 1. The second kappa shape index (κ2) is 14.3. The molecule has 0 radical (unpaired) electrons. The van der Waals surface area contributed by atoms with Gasteiger partial charge in [-0.15, -0.1) is 0 Å². The minimum Gasteiger partial charge on any atom is -0.488 e. The van der Waals surface area contributed by atoms with Crippen molar-refractivity contribution in [3.63, 3.8) is 0 Å². The Morgan fingerprint density at radius 2 is 1.93 bits per heavy atom. The molecule has 0 amide bonds. The number of nitrogens with two attached hydrogens (primary N) is 1. The first-order valence-corrected chi connectivity index (χ1v) is 15.3. The molecule has 222 valence electrons. The van der Waals surface area contributed by atoms with Crippen molar-refractivity contribution in [3.8, 4) is 17.6 Å². The zero-order valence-electron chi connectivity index (χ0n) is 25.4. The second-order valence-electron chi connectivity index (χ2n) is 11.4. The summed E-state index contributed by atoms with van der Waals surface area (Å²) in [4.78, 5) is 6.72. The first-order valence-electron chi connectivity index (χ1n) is 15.3. The summed E-state index contributed by atoms with van der Waals surface area (Å²) in [6.45, 7) is 11.6. The Morgan fingerprint density at radius 1 is 1.12 bits per heavy atom. The van der Waals surface area contributed by atoms with E-state index in [0.717, 1.165) is 67.0 Å². The molecule has 0 bridgehead atoms. The van der Waals surface area contributed by atoms with E-state index in [1.807, 2.05) is 18.2 Å². The third-order valence-corrected chi connectivity index (χ3v) is 8.78. The molecule has 3 aromatic rings. The van der Waals surface area contributed by atoms with Crippen molar-refractivity contribution in [1.82, 2.24) is 9.88 Å². The highest BCUT2D eigenvalue weighted by atomic mass is 16.5. The van der Waals surface area contributed by atoms with E-state index in [0.29, 0.717) is 31.4 Å². The highest BCUT2D eigenvalue weighted by Gasteiger charge is 2.29. The van der Waals surface area contributed by atoms with Gasteiger partial charge in [0.2, 0.25) is 0 Å². The van der Waals surface area contributed by atoms with E-state index in [1.165, 1.54) is 34.2 Å². The number of fused-ring (bicyclic) bond motifs is 1. The molecule has 1 aromatic heterocycles. The number of hydrogen-bond donors (Lipinski definition) is 1. The first kappa shape index (κ1) is 30.3. The lowest BCUT2D eigenvalue weighted by molar-refractivity contribution is 0.239. The van der Waals surface area contributed by atoms with Crippen LogP contribution >= 0.6 is 0 Å². The zero-order valence-corrected chi connectivity index (χ0v) is 25.4. The van der Waals surface area contributed by atoms with Gasteiger partial charge < -0.3 is 15.2 Å². The molecule has 1 aliphatic carbocycles. The number of allylic oxidation sites excluding steroid dienone is 3. The van der Waals surface area contributed by atoms with E-state index in [9.17, 15) is 5.26 Å². The molecule has 1 atom stereocenters. The summed E-state index contributed by atoms with van der Waals surface area (Å²) >= 11 is 0. The van der Waals surface area contributed by atoms with Crippen molar-refractivity contribution in [3.05, 3.63) is 118 Å². The average molecular weight is 575 g/mol. The molecule has 5 rings (SSSR count). The summed E-state index contributed by atoms with van der Waals surface area (Å²) in [6, 6.07) is 16.9. The van der Waals surface area contributed by atoms with Crippen LogP contribution in [0.25, 0.3) is 5.57 Å². The molecule has 6 heteroatoms. The third-order valence-electron chi connectivity index (χ3n) is 8.78. The maximum atomic E-state index is 9.34. The van der Waals surface area contributed by atoms with Gasteiger partial charge in [-0.3, -0.25) is 9.88 Å². The van der Waals surface area contributed by atoms with Gasteiger partial charge in [-0.05, 0) is 92.0 Å². The van der Waals surface area contributed by atoms with Crippen LogP contribution in [-0.4, -0.2) is 35.6 Å². The Kier molecular flexibility index (Phi) is 10.1. The summed E-state index contributed by atoms with van der Waals surface area (Å²) in [5.74, 6) is 1.71. The van der Waals surface area contributed by atoms with Crippen LogP contribution in [0.1, 0.15) is 66.5 Å². The van der Waals surface area contributed by atoms with E-state index < -0.39 is 0 Å². The summed E-state index contributed by atoms with van der Waals surface area (Å²) in [5, 5.41) is 9.34. The topological polar surface area (TPSA) is 84.4 Å². The lowest BCUT2D eigenvalue weighted by Crippen LogP contribution is -2.35. The molecule has 2 N–H and O–H groups in total. The minimum atomic E-state index is 0.326. The van der Waals surface area contributed by atoms with Crippen LogP contribution in [0.3, 0.4) is 0 Å². The van der Waals surface area contributed by atoms with Crippen molar-refractivity contribution in [2.45, 2.75) is 65.1 Å². The molecule has 1 aliphatic heterocycles. The molecular weight excluding hydrogens is 532 g/mol. The Hall–Kier alpha value is -4.18. The van der Waals surface area contributed by atoms with Crippen LogP contribution < -0.4 is 15.2 Å². The summed E-state index contributed by atoms with van der Waals surface area (Å²) in [5.41, 5.74) is 16.0. The van der Waals surface area contributed by atoms with Gasteiger partial charge in [-0.25, -0.2) is 0 Å². The number of nitrogens with zero attached hydrogens (tertiary/aromatic N) is 3. The van der Waals surface area contributed by atoms with E-state index >= 15 is 0 Å². The molecule has 0 saturated carbocycles. The highest BCUT2D eigenvalue weighted by molar-refractivity contribution is 5.79. The third kappa shape index (κ3) is 6.91. The maximum absolute atomic E-state index is 9.34. The standard InChI is InChI=1S/C37H42N4O2/c1-4-29(26(3)32(5-2)30-11-7-6-8-12-30)25-43-36-18-37(42-24-28-17-27(19-38)21-40-22-28)35(33-14-9-15-34(33)36)23-41-16-10-13-31(41)20-39/h4-8,11-12,17-18,21-22,31H,1,9-10,13-16,20,23-25,39H2,2-3H3/b29-26+,32-5+. The normalized spacial score (nSPS) is 17.3. The monoisotopic (exact) mass is 574 g/mol. The smallest absolute Gasteiger partial charge is 0.128 e. The van der Waals surface area contributed by atoms with Gasteiger partial charge in [-0.2, -0.15) is 5.26 Å². The number of likely N-dealkylation sites (tertiary alicyclic amines) is 1. The van der Waals surface area contributed by atoms with Gasteiger partial charge in [-0.1, -0.05) is 49.1 Å². The molecule has 43 heavy (non-hydrogen) atoms. The Balaban J connectivity index is 1.47. The van der Waals surface area contributed by atoms with Crippen LogP contribution in [0.15, 0.2) is 84.7 Å². The molecule has 0 spiro atoms. The van der Waals surface area contributed by atoms with Gasteiger partial charge in [0.25, 0.3) is 0 Å². The van der Waals surface area contributed by atoms with Crippen LogP contribution in [0, 0.1) is 11.3 Å². The van der Waals surface area contributed by atoms with E-state index in [2.05, 4.69) is 72.8 Å². The van der Waals surface area contributed by atoms with Gasteiger partial charge >= 0.3 is 0 Å². The molecule has 2 aliphatic rings. The van der Waals surface area contributed by atoms with Gasteiger partial charge in [0.1, 0.15) is 30.8 Å². The fourth-order valence-electron chi connectivity index (χ4n) is 6.45. The predicted octanol–water partition coefficient (Wildman–Crippen LogP) is 6.93. The first-order chi connectivity index (χ1) is 21.1. The van der Waals surface area contributed by atoms with Crippen molar-refractivity contribution in [1.29, 1.82) is 5.26 Å². The summed E-state index contributed by atoms with van der Waals surface area (Å²) in [6.07, 6.45) is 12.8. The van der Waals surface area contributed by atoms with Crippen LogP contribution in [0.5, 0.6) is 11.5 Å². The number of nitriles is 1. The Morgan fingerprint density at radius 3 is 2.67 bits per heavy atom. The largest absolute Gasteiger partial charge is 0.488 e. The fraction of sp³-hybridized carbons (Fsp3) is 0.351. The quantitative estimate of drug-likeness (QED) is 0.236. The molecule has 6 nitrogen and oxygen atoms in total. The van der Waals surface area contributed by atoms with Crippen molar-refractivity contribution < 1.29 is 9.47 Å². The fourth-order valence-corrected chi connectivity index (χ4v) is 6.45. The van der Waals surface area contributed by atoms with E-state index in [1.54, 1.807) is 12.4 Å². The average Bonchev–Trinajstić information content (AvgIpc) is 3.72. The van der Waals surface area contributed by atoms with Crippen LogP contribution in [-0.2, 0) is 26.0 Å². The summed E-state index contributed by atoms with van der Waals surface area (Å²) < 4.78 is 13.2. The van der Waals surface area contributed by atoms with E-state index in [4.69, 9.17) is 15.2 Å². The number of benzene rings is 2. The van der Waals surface area contributed by atoms with Crippen molar-refractivity contribution in [2.24, 2.45) is 5.73 Å². The Labute approximate surface area is 256 Å². The number of ether oxygens (including phenoxy) is 2. The number of pyridine rings is 1.